The van der Waals surface area contributed by atoms with Crippen molar-refractivity contribution >= 4 is 15.9 Å². The van der Waals surface area contributed by atoms with Crippen LogP contribution in [0.5, 0.6) is 0 Å². The van der Waals surface area contributed by atoms with Crippen LogP contribution in [0.1, 0.15) is 58.1 Å². The molecule has 2 rings (SSSR count). The SMILES string of the molecule is CCN(CC)S(=O)(=O)c1ccc([C@@H](C)NCC(=O)N2CCCCCC2)cc1. The summed E-state index contributed by atoms with van der Waals surface area (Å²) in [6.07, 6.45) is 4.58. The molecule has 1 aliphatic rings. The first-order valence-electron chi connectivity index (χ1n) is 10.0. The van der Waals surface area contributed by atoms with E-state index in [0.29, 0.717) is 24.5 Å². The molecular formula is C20H33N3O3S. The van der Waals surface area contributed by atoms with E-state index in [0.717, 1.165) is 31.5 Å². The van der Waals surface area contributed by atoms with Crippen molar-refractivity contribution in [1.29, 1.82) is 0 Å². The summed E-state index contributed by atoms with van der Waals surface area (Å²) in [6, 6.07) is 6.93. The fraction of sp³-hybridized carbons (Fsp3) is 0.650. The number of hydrogen-bond acceptors (Lipinski definition) is 4. The molecule has 6 nitrogen and oxygen atoms in total. The van der Waals surface area contributed by atoms with Crippen LogP contribution in [-0.2, 0) is 14.8 Å². The van der Waals surface area contributed by atoms with E-state index >= 15 is 0 Å². The van der Waals surface area contributed by atoms with Gasteiger partial charge in [0.2, 0.25) is 15.9 Å². The Labute approximate surface area is 164 Å². The summed E-state index contributed by atoms with van der Waals surface area (Å²) >= 11 is 0. The number of nitrogens with one attached hydrogen (secondary N) is 1. The minimum absolute atomic E-state index is 0.0221. The van der Waals surface area contributed by atoms with Crippen LogP contribution in [0.15, 0.2) is 29.2 Å². The molecule has 1 heterocycles. The van der Waals surface area contributed by atoms with Crippen LogP contribution in [0.25, 0.3) is 0 Å². The molecule has 1 N–H and O–H groups in total. The summed E-state index contributed by atoms with van der Waals surface area (Å²) in [7, 11) is -3.44. The molecule has 1 amide bonds. The number of hydrogen-bond donors (Lipinski definition) is 1. The van der Waals surface area contributed by atoms with Crippen LogP contribution >= 0.6 is 0 Å². The van der Waals surface area contributed by atoms with Crippen molar-refractivity contribution in [2.45, 2.75) is 57.4 Å². The molecule has 0 aliphatic carbocycles. The monoisotopic (exact) mass is 395 g/mol. The highest BCUT2D eigenvalue weighted by Crippen LogP contribution is 2.19. The molecule has 0 saturated carbocycles. The predicted molar refractivity (Wildman–Crippen MR) is 108 cm³/mol. The van der Waals surface area contributed by atoms with Crippen molar-refractivity contribution in [3.8, 4) is 0 Å². The molecule has 1 saturated heterocycles. The van der Waals surface area contributed by atoms with E-state index in [1.807, 2.05) is 37.8 Å². The molecule has 152 valence electrons. The topological polar surface area (TPSA) is 69.7 Å². The lowest BCUT2D eigenvalue weighted by Crippen LogP contribution is -2.39. The van der Waals surface area contributed by atoms with Gasteiger partial charge in [-0.3, -0.25) is 4.79 Å². The molecule has 0 unspecified atom stereocenters. The van der Waals surface area contributed by atoms with Gasteiger partial charge in [0.25, 0.3) is 0 Å². The number of rotatable bonds is 8. The van der Waals surface area contributed by atoms with Gasteiger partial charge in [0.05, 0.1) is 11.4 Å². The van der Waals surface area contributed by atoms with Gasteiger partial charge in [-0.05, 0) is 37.5 Å². The van der Waals surface area contributed by atoms with E-state index in [1.165, 1.54) is 17.1 Å². The van der Waals surface area contributed by atoms with E-state index in [-0.39, 0.29) is 11.9 Å². The van der Waals surface area contributed by atoms with Gasteiger partial charge >= 0.3 is 0 Å². The first-order valence-corrected chi connectivity index (χ1v) is 11.5. The molecule has 27 heavy (non-hydrogen) atoms. The Bertz CT molecular complexity index is 692. The Morgan fingerprint density at radius 2 is 1.63 bits per heavy atom. The molecule has 1 aliphatic heterocycles. The number of carbonyl (C=O) groups excluding carboxylic acids is 1. The molecule has 1 aromatic carbocycles. The lowest BCUT2D eigenvalue weighted by Gasteiger charge is -2.22. The Morgan fingerprint density at radius 3 is 2.15 bits per heavy atom. The van der Waals surface area contributed by atoms with Gasteiger partial charge in [-0.2, -0.15) is 4.31 Å². The largest absolute Gasteiger partial charge is 0.342 e. The van der Waals surface area contributed by atoms with Crippen LogP contribution in [0.3, 0.4) is 0 Å². The standard InChI is InChI=1S/C20H33N3O3S/c1-4-23(5-2)27(25,26)19-12-10-18(11-13-19)17(3)21-16-20(24)22-14-8-6-7-9-15-22/h10-13,17,21H,4-9,14-16H2,1-3H3/t17-/m1/s1. The quantitative estimate of drug-likeness (QED) is 0.735. The van der Waals surface area contributed by atoms with Crippen molar-refractivity contribution in [2.24, 2.45) is 0 Å². The highest BCUT2D eigenvalue weighted by Gasteiger charge is 2.22. The number of carbonyl (C=O) groups is 1. The van der Waals surface area contributed by atoms with Gasteiger partial charge in [-0.1, -0.05) is 38.8 Å². The molecular weight excluding hydrogens is 362 g/mol. The average Bonchev–Trinajstić information content (AvgIpc) is 2.96. The van der Waals surface area contributed by atoms with Gasteiger partial charge in [0.15, 0.2) is 0 Å². The molecule has 0 spiro atoms. The van der Waals surface area contributed by atoms with Gasteiger partial charge in [-0.25, -0.2) is 8.42 Å². The number of amides is 1. The van der Waals surface area contributed by atoms with Crippen LogP contribution in [0.4, 0.5) is 0 Å². The van der Waals surface area contributed by atoms with Crippen molar-refractivity contribution in [3.05, 3.63) is 29.8 Å². The maximum Gasteiger partial charge on any atom is 0.243 e. The Balaban J connectivity index is 1.95. The lowest BCUT2D eigenvalue weighted by molar-refractivity contribution is -0.130. The van der Waals surface area contributed by atoms with Crippen molar-refractivity contribution in [3.63, 3.8) is 0 Å². The van der Waals surface area contributed by atoms with Gasteiger partial charge in [0, 0.05) is 32.2 Å². The number of sulfonamides is 1. The second kappa shape index (κ2) is 10.2. The van der Waals surface area contributed by atoms with Crippen molar-refractivity contribution in [2.75, 3.05) is 32.7 Å². The van der Waals surface area contributed by atoms with E-state index in [2.05, 4.69) is 5.32 Å². The van der Waals surface area contributed by atoms with Crippen LogP contribution in [0.2, 0.25) is 0 Å². The zero-order valence-electron chi connectivity index (χ0n) is 16.8. The Hall–Kier alpha value is -1.44. The molecule has 0 radical (unpaired) electrons. The van der Waals surface area contributed by atoms with E-state index < -0.39 is 10.0 Å². The fourth-order valence-corrected chi connectivity index (χ4v) is 4.89. The van der Waals surface area contributed by atoms with Crippen LogP contribution in [0, 0.1) is 0 Å². The zero-order valence-corrected chi connectivity index (χ0v) is 17.6. The molecule has 0 aromatic heterocycles. The highest BCUT2D eigenvalue weighted by atomic mass is 32.2. The third kappa shape index (κ3) is 5.77. The number of likely N-dealkylation sites (tertiary alicyclic amines) is 1. The van der Waals surface area contributed by atoms with Gasteiger partial charge in [0.1, 0.15) is 0 Å². The molecule has 1 aromatic rings. The summed E-state index contributed by atoms with van der Waals surface area (Å²) < 4.78 is 26.6. The van der Waals surface area contributed by atoms with E-state index in [4.69, 9.17) is 0 Å². The summed E-state index contributed by atoms with van der Waals surface area (Å²) in [5.74, 6) is 0.143. The first-order chi connectivity index (χ1) is 12.9. The predicted octanol–water partition coefficient (Wildman–Crippen LogP) is 2.77. The minimum atomic E-state index is -3.44. The minimum Gasteiger partial charge on any atom is -0.342 e. The van der Waals surface area contributed by atoms with Crippen LogP contribution in [-0.4, -0.2) is 56.3 Å². The first kappa shape index (κ1) is 21.9. The van der Waals surface area contributed by atoms with Crippen molar-refractivity contribution < 1.29 is 13.2 Å². The normalized spacial score (nSPS) is 17.0. The third-order valence-electron chi connectivity index (χ3n) is 5.24. The van der Waals surface area contributed by atoms with E-state index in [1.54, 1.807) is 12.1 Å². The second-order valence-corrected chi connectivity index (χ2v) is 8.99. The third-order valence-corrected chi connectivity index (χ3v) is 7.31. The average molecular weight is 396 g/mol. The number of benzene rings is 1. The van der Waals surface area contributed by atoms with Crippen LogP contribution < -0.4 is 5.32 Å². The smallest absolute Gasteiger partial charge is 0.243 e. The molecule has 1 fully saturated rings. The Kier molecular flexibility index (Phi) is 8.26. The maximum absolute atomic E-state index is 12.6. The van der Waals surface area contributed by atoms with Crippen molar-refractivity contribution in [1.82, 2.24) is 14.5 Å². The summed E-state index contributed by atoms with van der Waals surface area (Å²) in [5.41, 5.74) is 0.970. The maximum atomic E-state index is 12.6. The summed E-state index contributed by atoms with van der Waals surface area (Å²) in [5, 5.41) is 3.27. The van der Waals surface area contributed by atoms with Gasteiger partial charge < -0.3 is 10.2 Å². The highest BCUT2D eigenvalue weighted by molar-refractivity contribution is 7.89. The molecule has 0 bridgehead atoms. The number of nitrogens with zero attached hydrogens (tertiary/aromatic N) is 2. The summed E-state index contributed by atoms with van der Waals surface area (Å²) in [4.78, 5) is 14.7. The fourth-order valence-electron chi connectivity index (χ4n) is 3.43. The van der Waals surface area contributed by atoms with Gasteiger partial charge in [-0.15, -0.1) is 0 Å². The second-order valence-electron chi connectivity index (χ2n) is 7.06. The lowest BCUT2D eigenvalue weighted by atomic mass is 10.1. The zero-order chi connectivity index (χ0) is 19.9. The molecule has 1 atom stereocenters. The Morgan fingerprint density at radius 1 is 1.07 bits per heavy atom. The molecule has 7 heteroatoms. The summed E-state index contributed by atoms with van der Waals surface area (Å²) in [6.45, 7) is 8.59. The van der Waals surface area contributed by atoms with E-state index in [9.17, 15) is 13.2 Å².